The Morgan fingerprint density at radius 3 is 1.49 bits per heavy atom. The van der Waals surface area contributed by atoms with Crippen molar-refractivity contribution in [1.29, 1.82) is 0 Å². The van der Waals surface area contributed by atoms with Gasteiger partial charge in [0.05, 0.1) is 0 Å². The summed E-state index contributed by atoms with van der Waals surface area (Å²) in [4.78, 5) is 12.6. The molecule has 2 heteroatoms. The summed E-state index contributed by atoms with van der Waals surface area (Å²) in [6, 6.07) is 17.2. The number of hydrogen-bond acceptors (Lipinski definition) is 1. The van der Waals surface area contributed by atoms with Crippen LogP contribution in [0.1, 0.15) is 119 Å². The highest BCUT2D eigenvalue weighted by Crippen LogP contribution is 2.14. The average molecular weight is 502 g/mol. The molecule has 1 amide bonds. The average Bonchev–Trinajstić information content (AvgIpc) is 2.89. The highest BCUT2D eigenvalue weighted by molar-refractivity contribution is 5.93. The van der Waals surface area contributed by atoms with E-state index in [1.165, 1.54) is 99.3 Å². The lowest BCUT2D eigenvalue weighted by Gasteiger charge is -2.18. The SMILES string of the molecule is CCCCCCCCCCCCCCCC#CC(=O)NC(Cc1ccc(C)cc1)Cc1ccc(C)cc1. The molecule has 0 heterocycles. The van der Waals surface area contributed by atoms with Crippen LogP contribution in [-0.2, 0) is 17.6 Å². The predicted molar refractivity (Wildman–Crippen MR) is 160 cm³/mol. The summed E-state index contributed by atoms with van der Waals surface area (Å²) in [5.41, 5.74) is 4.98. The fourth-order valence-electron chi connectivity index (χ4n) is 4.79. The molecule has 0 saturated carbocycles. The molecule has 1 N–H and O–H groups in total. The lowest BCUT2D eigenvalue weighted by Crippen LogP contribution is -2.37. The van der Waals surface area contributed by atoms with E-state index in [1.807, 2.05) is 0 Å². The van der Waals surface area contributed by atoms with E-state index in [1.54, 1.807) is 0 Å². The maximum absolute atomic E-state index is 12.6. The van der Waals surface area contributed by atoms with Crippen molar-refractivity contribution in [2.45, 2.75) is 130 Å². The molecule has 2 aromatic rings. The highest BCUT2D eigenvalue weighted by Gasteiger charge is 2.13. The van der Waals surface area contributed by atoms with E-state index in [0.29, 0.717) is 0 Å². The van der Waals surface area contributed by atoms with Gasteiger partial charge in [-0.1, -0.05) is 150 Å². The largest absolute Gasteiger partial charge is 0.342 e. The van der Waals surface area contributed by atoms with Gasteiger partial charge in [-0.25, -0.2) is 0 Å². The van der Waals surface area contributed by atoms with Crippen molar-refractivity contribution in [3.05, 3.63) is 70.8 Å². The first-order valence-corrected chi connectivity index (χ1v) is 15.0. The molecule has 0 aliphatic rings. The molecule has 0 bridgehead atoms. The maximum Gasteiger partial charge on any atom is 0.296 e. The molecule has 0 atom stereocenters. The molecule has 0 saturated heterocycles. The van der Waals surface area contributed by atoms with Crippen molar-refractivity contribution in [1.82, 2.24) is 5.32 Å². The molecule has 37 heavy (non-hydrogen) atoms. The lowest BCUT2D eigenvalue weighted by molar-refractivity contribution is -0.116. The molecular weight excluding hydrogens is 450 g/mol. The molecular formula is C35H51NO. The van der Waals surface area contributed by atoms with Gasteiger partial charge in [-0.15, -0.1) is 0 Å². The van der Waals surface area contributed by atoms with Gasteiger partial charge in [-0.3, -0.25) is 4.79 Å². The van der Waals surface area contributed by atoms with E-state index >= 15 is 0 Å². The zero-order valence-electron chi connectivity index (χ0n) is 23.9. The molecule has 0 spiro atoms. The molecule has 0 aromatic heterocycles. The van der Waals surface area contributed by atoms with E-state index in [9.17, 15) is 4.79 Å². The van der Waals surface area contributed by atoms with Gasteiger partial charge in [0, 0.05) is 12.5 Å². The number of unbranched alkanes of at least 4 members (excludes halogenated alkanes) is 13. The Labute approximate surface area is 228 Å². The van der Waals surface area contributed by atoms with Crippen molar-refractivity contribution < 1.29 is 4.79 Å². The Morgan fingerprint density at radius 1 is 0.649 bits per heavy atom. The number of benzene rings is 2. The standard InChI is InChI=1S/C35H51NO/c1-4-5-6-7-8-9-10-11-12-13-14-15-16-17-18-19-35(37)36-34(28-32-24-20-30(2)21-25-32)29-33-26-22-31(3)23-27-33/h20-27,34H,4-17,28-29H2,1-3H3,(H,36,37). The van der Waals surface area contributed by atoms with Crippen LogP contribution in [0, 0.1) is 25.7 Å². The van der Waals surface area contributed by atoms with Gasteiger partial charge in [-0.05, 0) is 50.2 Å². The van der Waals surface area contributed by atoms with Crippen LogP contribution < -0.4 is 5.32 Å². The summed E-state index contributed by atoms with van der Waals surface area (Å²) in [6.07, 6.45) is 19.9. The smallest absolute Gasteiger partial charge is 0.296 e. The first kappa shape index (κ1) is 30.7. The Kier molecular flexibility index (Phi) is 16.2. The van der Waals surface area contributed by atoms with E-state index in [-0.39, 0.29) is 11.9 Å². The topological polar surface area (TPSA) is 29.1 Å². The first-order valence-electron chi connectivity index (χ1n) is 15.0. The molecule has 2 nitrogen and oxygen atoms in total. The molecule has 0 radical (unpaired) electrons. The molecule has 2 aromatic carbocycles. The number of hydrogen-bond donors (Lipinski definition) is 1. The highest BCUT2D eigenvalue weighted by atomic mass is 16.1. The summed E-state index contributed by atoms with van der Waals surface area (Å²) in [7, 11) is 0. The van der Waals surface area contributed by atoms with Crippen molar-refractivity contribution >= 4 is 5.91 Å². The van der Waals surface area contributed by atoms with Crippen LogP contribution in [-0.4, -0.2) is 11.9 Å². The minimum Gasteiger partial charge on any atom is -0.342 e. The second-order valence-corrected chi connectivity index (χ2v) is 10.8. The fraction of sp³-hybridized carbons (Fsp3) is 0.571. The lowest BCUT2D eigenvalue weighted by atomic mass is 9.97. The second-order valence-electron chi connectivity index (χ2n) is 10.8. The van der Waals surface area contributed by atoms with Gasteiger partial charge in [0.2, 0.25) is 0 Å². The van der Waals surface area contributed by atoms with Gasteiger partial charge in [0.25, 0.3) is 5.91 Å². The van der Waals surface area contributed by atoms with Crippen LogP contribution in [0.4, 0.5) is 0 Å². The third-order valence-corrected chi connectivity index (χ3v) is 7.15. The number of nitrogens with one attached hydrogen (secondary N) is 1. The van der Waals surface area contributed by atoms with Gasteiger partial charge in [0.15, 0.2) is 0 Å². The summed E-state index contributed by atoms with van der Waals surface area (Å²) in [5.74, 6) is 5.80. The number of amides is 1. The predicted octanol–water partition coefficient (Wildman–Crippen LogP) is 9.06. The minimum atomic E-state index is -0.154. The maximum atomic E-state index is 12.6. The van der Waals surface area contributed by atoms with Gasteiger partial charge in [-0.2, -0.15) is 0 Å². The summed E-state index contributed by atoms with van der Waals surface area (Å²) in [6.45, 7) is 6.48. The number of carbonyl (C=O) groups excluding carboxylic acids is 1. The molecule has 0 unspecified atom stereocenters. The van der Waals surface area contributed by atoms with E-state index < -0.39 is 0 Å². The van der Waals surface area contributed by atoms with Crippen LogP contribution >= 0.6 is 0 Å². The van der Waals surface area contributed by atoms with Crippen molar-refractivity contribution in [3.63, 3.8) is 0 Å². The van der Waals surface area contributed by atoms with Crippen molar-refractivity contribution in [2.75, 3.05) is 0 Å². The van der Waals surface area contributed by atoms with Crippen LogP contribution in [0.15, 0.2) is 48.5 Å². The number of rotatable bonds is 18. The van der Waals surface area contributed by atoms with Gasteiger partial charge < -0.3 is 5.32 Å². The zero-order chi connectivity index (χ0) is 26.6. The Bertz CT molecular complexity index is 869. The van der Waals surface area contributed by atoms with Gasteiger partial charge in [0.1, 0.15) is 0 Å². The second kappa shape index (κ2) is 19.6. The summed E-state index contributed by atoms with van der Waals surface area (Å²) < 4.78 is 0. The zero-order valence-corrected chi connectivity index (χ0v) is 23.9. The van der Waals surface area contributed by atoms with Crippen LogP contribution in [0.5, 0.6) is 0 Å². The third-order valence-electron chi connectivity index (χ3n) is 7.15. The van der Waals surface area contributed by atoms with Crippen LogP contribution in [0.2, 0.25) is 0 Å². The monoisotopic (exact) mass is 501 g/mol. The molecule has 0 fully saturated rings. The van der Waals surface area contributed by atoms with Crippen LogP contribution in [0.3, 0.4) is 0 Å². The Morgan fingerprint density at radius 2 is 1.05 bits per heavy atom. The van der Waals surface area contributed by atoms with Crippen molar-refractivity contribution in [2.24, 2.45) is 0 Å². The minimum absolute atomic E-state index is 0.0311. The normalized spacial score (nSPS) is 10.8. The molecule has 0 aliphatic carbocycles. The van der Waals surface area contributed by atoms with E-state index in [4.69, 9.17) is 0 Å². The molecule has 202 valence electrons. The fourth-order valence-corrected chi connectivity index (χ4v) is 4.79. The quantitative estimate of drug-likeness (QED) is 0.160. The summed E-state index contributed by atoms with van der Waals surface area (Å²) in [5, 5.41) is 3.18. The van der Waals surface area contributed by atoms with Crippen LogP contribution in [0.25, 0.3) is 0 Å². The third kappa shape index (κ3) is 15.3. The van der Waals surface area contributed by atoms with E-state index in [0.717, 1.165) is 25.7 Å². The molecule has 2 rings (SSSR count). The van der Waals surface area contributed by atoms with Gasteiger partial charge >= 0.3 is 0 Å². The number of carbonyl (C=O) groups is 1. The Balaban J connectivity index is 1.63. The van der Waals surface area contributed by atoms with Crippen molar-refractivity contribution in [3.8, 4) is 11.8 Å². The summed E-state index contributed by atoms with van der Waals surface area (Å²) >= 11 is 0. The number of aryl methyl sites for hydroxylation is 2. The molecule has 0 aliphatic heterocycles. The Hall–Kier alpha value is -2.53. The first-order chi connectivity index (χ1) is 18.1. The van der Waals surface area contributed by atoms with E-state index in [2.05, 4.69) is 86.5 Å².